The average molecular weight is 411 g/mol. The van der Waals surface area contributed by atoms with E-state index in [2.05, 4.69) is 5.32 Å². The molecule has 0 aromatic heterocycles. The topological polar surface area (TPSA) is 66.5 Å². The van der Waals surface area contributed by atoms with Gasteiger partial charge in [0.05, 0.1) is 11.7 Å². The van der Waals surface area contributed by atoms with Crippen molar-refractivity contribution in [3.05, 3.63) is 64.9 Å². The summed E-state index contributed by atoms with van der Waals surface area (Å²) in [5, 5.41) is 3.13. The molecule has 1 saturated heterocycles. The van der Waals surface area contributed by atoms with Crippen LogP contribution in [0.3, 0.4) is 0 Å². The standard InChI is InChI=1S/C19H20ClFN2O3S/c20-18-6-2-1-4-15(18)13-27(25,26)23-11-3-5-14(12-23)19(24)22-17-9-7-16(21)8-10-17/h1-2,4,6-10,14H,3,5,11-13H2,(H,22,24)/t14-/m0/s1. The van der Waals surface area contributed by atoms with Crippen LogP contribution >= 0.6 is 11.6 Å². The van der Waals surface area contributed by atoms with Crippen molar-refractivity contribution in [3.8, 4) is 0 Å². The molecule has 27 heavy (non-hydrogen) atoms. The quantitative estimate of drug-likeness (QED) is 0.818. The van der Waals surface area contributed by atoms with E-state index >= 15 is 0 Å². The molecule has 2 aromatic carbocycles. The van der Waals surface area contributed by atoms with E-state index in [1.807, 2.05) is 0 Å². The van der Waals surface area contributed by atoms with E-state index in [1.54, 1.807) is 24.3 Å². The van der Waals surface area contributed by atoms with Gasteiger partial charge in [-0.15, -0.1) is 0 Å². The Morgan fingerprint density at radius 3 is 2.59 bits per heavy atom. The average Bonchev–Trinajstić information content (AvgIpc) is 2.65. The summed E-state index contributed by atoms with van der Waals surface area (Å²) in [6.07, 6.45) is 1.20. The van der Waals surface area contributed by atoms with E-state index in [0.717, 1.165) is 0 Å². The lowest BCUT2D eigenvalue weighted by Crippen LogP contribution is -2.44. The van der Waals surface area contributed by atoms with Gasteiger partial charge in [-0.3, -0.25) is 4.79 Å². The molecule has 1 heterocycles. The van der Waals surface area contributed by atoms with E-state index in [-0.39, 0.29) is 24.0 Å². The zero-order chi connectivity index (χ0) is 19.4. The summed E-state index contributed by atoms with van der Waals surface area (Å²) in [7, 11) is -3.58. The molecule has 1 atom stereocenters. The third kappa shape index (κ3) is 5.06. The molecule has 5 nitrogen and oxygen atoms in total. The van der Waals surface area contributed by atoms with Gasteiger partial charge in [-0.25, -0.2) is 17.1 Å². The van der Waals surface area contributed by atoms with Gasteiger partial charge in [0.1, 0.15) is 5.82 Å². The molecule has 0 unspecified atom stereocenters. The van der Waals surface area contributed by atoms with Gasteiger partial charge >= 0.3 is 0 Å². The first-order chi connectivity index (χ1) is 12.8. The number of rotatable bonds is 5. The summed E-state index contributed by atoms with van der Waals surface area (Å²) in [5.41, 5.74) is 1.02. The van der Waals surface area contributed by atoms with Gasteiger partial charge in [-0.2, -0.15) is 0 Å². The highest BCUT2D eigenvalue weighted by Crippen LogP contribution is 2.25. The van der Waals surface area contributed by atoms with Gasteiger partial charge in [0, 0.05) is 23.8 Å². The van der Waals surface area contributed by atoms with Crippen molar-refractivity contribution in [3.63, 3.8) is 0 Å². The van der Waals surface area contributed by atoms with Gasteiger partial charge in [-0.05, 0) is 48.7 Å². The second-order valence-electron chi connectivity index (χ2n) is 6.54. The molecule has 0 bridgehead atoms. The van der Waals surface area contributed by atoms with Crippen LogP contribution in [0.4, 0.5) is 10.1 Å². The lowest BCUT2D eigenvalue weighted by atomic mass is 9.99. The van der Waals surface area contributed by atoms with Crippen molar-refractivity contribution in [2.24, 2.45) is 5.92 Å². The van der Waals surface area contributed by atoms with Crippen LogP contribution in [0.25, 0.3) is 0 Å². The SMILES string of the molecule is O=C(Nc1ccc(F)cc1)[C@H]1CCCN(S(=O)(=O)Cc2ccccc2Cl)C1. The number of sulfonamides is 1. The van der Waals surface area contributed by atoms with Crippen LogP contribution in [0.15, 0.2) is 48.5 Å². The van der Waals surface area contributed by atoms with Gasteiger partial charge in [-0.1, -0.05) is 29.8 Å². The van der Waals surface area contributed by atoms with Crippen molar-refractivity contribution >= 4 is 33.2 Å². The molecule has 0 radical (unpaired) electrons. The summed E-state index contributed by atoms with van der Waals surface area (Å²) >= 11 is 6.08. The van der Waals surface area contributed by atoms with Crippen LogP contribution in [-0.2, 0) is 20.6 Å². The molecular weight excluding hydrogens is 391 g/mol. The van der Waals surface area contributed by atoms with Crippen LogP contribution in [0.2, 0.25) is 5.02 Å². The van der Waals surface area contributed by atoms with Crippen molar-refractivity contribution in [2.75, 3.05) is 18.4 Å². The minimum absolute atomic E-state index is 0.125. The van der Waals surface area contributed by atoms with E-state index in [1.165, 1.54) is 28.6 Å². The Kier molecular flexibility index (Phi) is 6.14. The first kappa shape index (κ1) is 19.8. The number of halogens is 2. The largest absolute Gasteiger partial charge is 0.326 e. The van der Waals surface area contributed by atoms with Crippen molar-refractivity contribution in [1.82, 2.24) is 4.31 Å². The Labute approximate surface area is 163 Å². The monoisotopic (exact) mass is 410 g/mol. The summed E-state index contributed by atoms with van der Waals surface area (Å²) in [6.45, 7) is 0.507. The minimum Gasteiger partial charge on any atom is -0.326 e. The van der Waals surface area contributed by atoms with Crippen molar-refractivity contribution < 1.29 is 17.6 Å². The van der Waals surface area contributed by atoms with Gasteiger partial charge in [0.15, 0.2) is 0 Å². The molecule has 1 aliphatic rings. The van der Waals surface area contributed by atoms with Crippen molar-refractivity contribution in [1.29, 1.82) is 0 Å². The second-order valence-corrected chi connectivity index (χ2v) is 8.92. The highest BCUT2D eigenvalue weighted by atomic mass is 35.5. The molecule has 1 aliphatic heterocycles. The van der Waals surface area contributed by atoms with Crippen LogP contribution in [0.5, 0.6) is 0 Å². The Morgan fingerprint density at radius 1 is 1.19 bits per heavy atom. The maximum absolute atomic E-state index is 13.0. The highest BCUT2D eigenvalue weighted by molar-refractivity contribution is 7.88. The number of nitrogens with zero attached hydrogens (tertiary/aromatic N) is 1. The first-order valence-corrected chi connectivity index (χ1v) is 10.6. The smallest absolute Gasteiger partial charge is 0.228 e. The first-order valence-electron chi connectivity index (χ1n) is 8.63. The molecule has 0 aliphatic carbocycles. The number of anilines is 1. The number of hydrogen-bond donors (Lipinski definition) is 1. The number of nitrogens with one attached hydrogen (secondary N) is 1. The maximum Gasteiger partial charge on any atom is 0.228 e. The number of carbonyl (C=O) groups excluding carboxylic acids is 1. The van der Waals surface area contributed by atoms with E-state index in [9.17, 15) is 17.6 Å². The van der Waals surface area contributed by atoms with Crippen LogP contribution < -0.4 is 5.32 Å². The third-order valence-corrected chi connectivity index (χ3v) is 6.72. The Balaban J connectivity index is 1.66. The number of benzene rings is 2. The molecule has 144 valence electrons. The van der Waals surface area contributed by atoms with E-state index in [4.69, 9.17) is 11.6 Å². The Bertz CT molecular complexity index is 919. The predicted octanol–water partition coefficient (Wildman–Crippen LogP) is 3.66. The molecule has 0 saturated carbocycles. The number of piperidine rings is 1. The second kappa shape index (κ2) is 8.37. The van der Waals surface area contributed by atoms with E-state index in [0.29, 0.717) is 35.7 Å². The molecule has 0 spiro atoms. The normalized spacial score (nSPS) is 18.2. The number of hydrogen-bond acceptors (Lipinski definition) is 3. The van der Waals surface area contributed by atoms with E-state index < -0.39 is 15.9 Å². The highest BCUT2D eigenvalue weighted by Gasteiger charge is 2.32. The molecular formula is C19H20ClFN2O3S. The maximum atomic E-state index is 13.0. The van der Waals surface area contributed by atoms with Crippen LogP contribution in [-0.4, -0.2) is 31.7 Å². The fourth-order valence-electron chi connectivity index (χ4n) is 3.09. The molecule has 2 aromatic rings. The minimum atomic E-state index is -3.58. The van der Waals surface area contributed by atoms with Gasteiger partial charge in [0.2, 0.25) is 15.9 Å². The Morgan fingerprint density at radius 2 is 1.89 bits per heavy atom. The fraction of sp³-hybridized carbons (Fsp3) is 0.316. The summed E-state index contributed by atoms with van der Waals surface area (Å²) < 4.78 is 39.9. The fourth-order valence-corrected chi connectivity index (χ4v) is 5.01. The molecule has 8 heteroatoms. The zero-order valence-corrected chi connectivity index (χ0v) is 16.1. The van der Waals surface area contributed by atoms with Crippen LogP contribution in [0, 0.1) is 11.7 Å². The molecule has 3 rings (SSSR count). The summed E-state index contributed by atoms with van der Waals surface area (Å²) in [5.74, 6) is -1.30. The van der Waals surface area contributed by atoms with Gasteiger partial charge < -0.3 is 5.32 Å². The molecule has 1 amide bonds. The molecule has 1 fully saturated rings. The lowest BCUT2D eigenvalue weighted by Gasteiger charge is -2.31. The van der Waals surface area contributed by atoms with Crippen LogP contribution in [0.1, 0.15) is 18.4 Å². The summed E-state index contributed by atoms with van der Waals surface area (Å²) in [4.78, 5) is 12.5. The van der Waals surface area contributed by atoms with Gasteiger partial charge in [0.25, 0.3) is 0 Å². The summed E-state index contributed by atoms with van der Waals surface area (Å²) in [6, 6.07) is 12.3. The number of carbonyl (C=O) groups is 1. The van der Waals surface area contributed by atoms with Crippen molar-refractivity contribution in [2.45, 2.75) is 18.6 Å². The Hall–Kier alpha value is -1.96. The predicted molar refractivity (Wildman–Crippen MR) is 103 cm³/mol. The zero-order valence-electron chi connectivity index (χ0n) is 14.6. The molecule has 1 N–H and O–H groups in total. The lowest BCUT2D eigenvalue weighted by molar-refractivity contribution is -0.120. The number of amides is 1. The third-order valence-electron chi connectivity index (χ3n) is 4.56.